The first-order chi connectivity index (χ1) is 13.2. The molecule has 0 radical (unpaired) electrons. The Morgan fingerprint density at radius 3 is 2.63 bits per heavy atom. The van der Waals surface area contributed by atoms with Crippen molar-refractivity contribution in [3.8, 4) is 11.4 Å². The average Bonchev–Trinajstić information content (AvgIpc) is 3.17. The van der Waals surface area contributed by atoms with Gasteiger partial charge in [0.05, 0.1) is 0 Å². The zero-order chi connectivity index (χ0) is 18.9. The summed E-state index contributed by atoms with van der Waals surface area (Å²) in [6.45, 7) is 1.57. The lowest BCUT2D eigenvalue weighted by atomic mass is 9.97. The highest BCUT2D eigenvalue weighted by Gasteiger charge is 2.09. The van der Waals surface area contributed by atoms with Gasteiger partial charge in [0.1, 0.15) is 0 Å². The molecule has 0 saturated carbocycles. The van der Waals surface area contributed by atoms with Gasteiger partial charge in [0.15, 0.2) is 5.96 Å². The van der Waals surface area contributed by atoms with Crippen LogP contribution in [0, 0.1) is 0 Å². The highest BCUT2D eigenvalue weighted by molar-refractivity contribution is 6.30. The quantitative estimate of drug-likeness (QED) is 0.427. The number of hydrogen-bond donors (Lipinski definition) is 2. The molecule has 1 aromatic carbocycles. The molecule has 0 saturated heterocycles. The Kier molecular flexibility index (Phi) is 7.27. The predicted octanol–water partition coefficient (Wildman–Crippen LogP) is 3.99. The highest BCUT2D eigenvalue weighted by Crippen LogP contribution is 2.20. The van der Waals surface area contributed by atoms with E-state index in [0.29, 0.717) is 29.7 Å². The lowest BCUT2D eigenvalue weighted by Crippen LogP contribution is -2.38. The summed E-state index contributed by atoms with van der Waals surface area (Å²) in [5, 5.41) is 11.4. The Labute approximate surface area is 165 Å². The minimum absolute atomic E-state index is 0.574. The van der Waals surface area contributed by atoms with Gasteiger partial charge in [-0.05, 0) is 56.4 Å². The largest absolute Gasteiger partial charge is 0.356 e. The van der Waals surface area contributed by atoms with Crippen molar-refractivity contribution >= 4 is 17.6 Å². The summed E-state index contributed by atoms with van der Waals surface area (Å²) in [5.41, 5.74) is 2.45. The molecule has 3 rings (SSSR count). The fraction of sp³-hybridized carbons (Fsp3) is 0.450. The molecule has 0 unspecified atom stereocenters. The van der Waals surface area contributed by atoms with E-state index in [1.807, 2.05) is 24.3 Å². The maximum atomic E-state index is 5.90. The fourth-order valence-corrected chi connectivity index (χ4v) is 3.18. The molecule has 0 aliphatic heterocycles. The minimum atomic E-state index is 0.574. The zero-order valence-corrected chi connectivity index (χ0v) is 16.4. The van der Waals surface area contributed by atoms with E-state index in [0.717, 1.165) is 24.5 Å². The molecule has 144 valence electrons. The van der Waals surface area contributed by atoms with Crippen molar-refractivity contribution in [1.29, 1.82) is 0 Å². The number of halogens is 1. The molecular formula is C20H26ClN5O. The topological polar surface area (TPSA) is 75.3 Å². The third kappa shape index (κ3) is 6.10. The van der Waals surface area contributed by atoms with Gasteiger partial charge in [-0.15, -0.1) is 0 Å². The molecule has 1 aliphatic carbocycles. The summed E-state index contributed by atoms with van der Waals surface area (Å²) in [6, 6.07) is 7.38. The van der Waals surface area contributed by atoms with Crippen molar-refractivity contribution in [1.82, 2.24) is 20.8 Å². The summed E-state index contributed by atoms with van der Waals surface area (Å²) in [7, 11) is 1.78. The predicted molar refractivity (Wildman–Crippen MR) is 109 cm³/mol. The molecule has 1 heterocycles. The van der Waals surface area contributed by atoms with Gasteiger partial charge in [-0.25, -0.2) is 0 Å². The van der Waals surface area contributed by atoms with Gasteiger partial charge in [-0.2, -0.15) is 4.98 Å². The fourth-order valence-electron chi connectivity index (χ4n) is 3.05. The number of rotatable bonds is 7. The summed E-state index contributed by atoms with van der Waals surface area (Å²) in [4.78, 5) is 8.69. The van der Waals surface area contributed by atoms with E-state index in [1.54, 1.807) is 12.6 Å². The Bertz CT molecular complexity index is 782. The lowest BCUT2D eigenvalue weighted by Gasteiger charge is -2.14. The van der Waals surface area contributed by atoms with Crippen LogP contribution in [0.15, 0.2) is 45.4 Å². The molecule has 2 N–H and O–H groups in total. The summed E-state index contributed by atoms with van der Waals surface area (Å²) in [5.74, 6) is 1.96. The standard InChI is InChI=1S/C20H26ClN5O/c1-22-20(23-13-11-15-5-3-2-4-6-15)24-14-12-18-25-19(26-27-18)16-7-9-17(21)10-8-16/h5,7-10H,2-4,6,11-14H2,1H3,(H2,22,23,24). The molecule has 6 nitrogen and oxygen atoms in total. The first-order valence-electron chi connectivity index (χ1n) is 9.45. The van der Waals surface area contributed by atoms with E-state index >= 15 is 0 Å². The maximum absolute atomic E-state index is 5.90. The van der Waals surface area contributed by atoms with Crippen molar-refractivity contribution < 1.29 is 4.52 Å². The number of aliphatic imine (C=N–C) groups is 1. The Morgan fingerprint density at radius 2 is 1.93 bits per heavy atom. The van der Waals surface area contributed by atoms with E-state index in [4.69, 9.17) is 16.1 Å². The first kappa shape index (κ1) is 19.4. The SMILES string of the molecule is CN=C(NCCC1=CCCCC1)NCCc1nc(-c2ccc(Cl)cc2)no1. The summed E-state index contributed by atoms with van der Waals surface area (Å²) < 4.78 is 5.32. The van der Waals surface area contributed by atoms with Crippen LogP contribution in [-0.4, -0.2) is 36.2 Å². The van der Waals surface area contributed by atoms with Crippen LogP contribution in [0.3, 0.4) is 0 Å². The molecule has 0 spiro atoms. The van der Waals surface area contributed by atoms with Crippen LogP contribution in [0.4, 0.5) is 0 Å². The van der Waals surface area contributed by atoms with Crippen molar-refractivity contribution in [3.05, 3.63) is 46.8 Å². The number of aromatic nitrogens is 2. The van der Waals surface area contributed by atoms with Crippen LogP contribution in [0.2, 0.25) is 5.02 Å². The Balaban J connectivity index is 1.40. The average molecular weight is 388 g/mol. The van der Waals surface area contributed by atoms with Crippen LogP contribution in [0.1, 0.15) is 38.0 Å². The van der Waals surface area contributed by atoms with Gasteiger partial charge in [-0.1, -0.05) is 28.4 Å². The molecule has 1 aliphatic rings. The summed E-state index contributed by atoms with van der Waals surface area (Å²) in [6.07, 6.45) is 9.21. The van der Waals surface area contributed by atoms with Crippen molar-refractivity contribution in [2.24, 2.45) is 4.99 Å². The number of benzene rings is 1. The molecule has 27 heavy (non-hydrogen) atoms. The molecule has 2 aromatic rings. The molecule has 1 aromatic heterocycles. The number of nitrogens with zero attached hydrogens (tertiary/aromatic N) is 3. The van der Waals surface area contributed by atoms with Gasteiger partial charge in [0, 0.05) is 37.1 Å². The summed E-state index contributed by atoms with van der Waals surface area (Å²) >= 11 is 5.90. The molecule has 0 bridgehead atoms. The first-order valence-corrected chi connectivity index (χ1v) is 9.83. The smallest absolute Gasteiger partial charge is 0.228 e. The highest BCUT2D eigenvalue weighted by atomic mass is 35.5. The molecule has 0 amide bonds. The number of nitrogens with one attached hydrogen (secondary N) is 2. The van der Waals surface area contributed by atoms with Gasteiger partial charge >= 0.3 is 0 Å². The molecule has 7 heteroatoms. The van der Waals surface area contributed by atoms with E-state index < -0.39 is 0 Å². The Morgan fingerprint density at radius 1 is 1.15 bits per heavy atom. The number of allylic oxidation sites excluding steroid dienone is 1. The normalized spacial score (nSPS) is 14.7. The molecule has 0 atom stereocenters. The van der Waals surface area contributed by atoms with Gasteiger partial charge in [0.2, 0.25) is 11.7 Å². The van der Waals surface area contributed by atoms with Crippen LogP contribution < -0.4 is 10.6 Å². The van der Waals surface area contributed by atoms with Crippen molar-refractivity contribution in [2.75, 3.05) is 20.1 Å². The van der Waals surface area contributed by atoms with E-state index in [-0.39, 0.29) is 0 Å². The van der Waals surface area contributed by atoms with Crippen molar-refractivity contribution in [2.45, 2.75) is 38.5 Å². The van der Waals surface area contributed by atoms with E-state index in [9.17, 15) is 0 Å². The second-order valence-electron chi connectivity index (χ2n) is 6.55. The van der Waals surface area contributed by atoms with Crippen LogP contribution in [0.25, 0.3) is 11.4 Å². The van der Waals surface area contributed by atoms with Crippen LogP contribution >= 0.6 is 11.6 Å². The third-order valence-electron chi connectivity index (χ3n) is 4.55. The zero-order valence-electron chi connectivity index (χ0n) is 15.7. The third-order valence-corrected chi connectivity index (χ3v) is 4.80. The van der Waals surface area contributed by atoms with E-state index in [2.05, 4.69) is 31.8 Å². The van der Waals surface area contributed by atoms with Crippen LogP contribution in [-0.2, 0) is 6.42 Å². The van der Waals surface area contributed by atoms with Gasteiger partial charge in [-0.3, -0.25) is 4.99 Å². The minimum Gasteiger partial charge on any atom is -0.356 e. The molecule has 0 fully saturated rings. The number of hydrogen-bond acceptors (Lipinski definition) is 4. The molecular weight excluding hydrogens is 362 g/mol. The van der Waals surface area contributed by atoms with Crippen molar-refractivity contribution in [3.63, 3.8) is 0 Å². The lowest BCUT2D eigenvalue weighted by molar-refractivity contribution is 0.378. The monoisotopic (exact) mass is 387 g/mol. The Hall–Kier alpha value is -2.34. The van der Waals surface area contributed by atoms with E-state index in [1.165, 1.54) is 25.7 Å². The second-order valence-corrected chi connectivity index (χ2v) is 6.99. The van der Waals surface area contributed by atoms with Crippen LogP contribution in [0.5, 0.6) is 0 Å². The number of guanidine groups is 1. The second kappa shape index (κ2) is 10.1. The van der Waals surface area contributed by atoms with Gasteiger partial charge < -0.3 is 15.2 Å². The maximum Gasteiger partial charge on any atom is 0.228 e. The van der Waals surface area contributed by atoms with Gasteiger partial charge in [0.25, 0.3) is 0 Å².